The van der Waals surface area contributed by atoms with E-state index >= 15 is 0 Å². The van der Waals surface area contributed by atoms with Gasteiger partial charge in [-0.3, -0.25) is 0 Å². The average Bonchev–Trinajstić information content (AvgIpc) is 2.92. The van der Waals surface area contributed by atoms with E-state index < -0.39 is 0 Å². The highest BCUT2D eigenvalue weighted by molar-refractivity contribution is 5.70. The van der Waals surface area contributed by atoms with Crippen molar-refractivity contribution >= 4 is 24.3 Å². The van der Waals surface area contributed by atoms with Gasteiger partial charge in [0.2, 0.25) is 0 Å². The van der Waals surface area contributed by atoms with Crippen LogP contribution < -0.4 is 9.47 Å². The van der Waals surface area contributed by atoms with Gasteiger partial charge in [-0.15, -0.1) is 0 Å². The molecular weight excluding hydrogens is 444 g/mol. The third-order valence-electron chi connectivity index (χ3n) is 5.89. The summed E-state index contributed by atoms with van der Waals surface area (Å²) < 4.78 is 11.6. The minimum Gasteiger partial charge on any atom is -0.494 e. The van der Waals surface area contributed by atoms with Gasteiger partial charge in [0.05, 0.1) is 24.6 Å². The maximum absolute atomic E-state index is 5.81. The molecule has 1 heterocycles. The summed E-state index contributed by atoms with van der Waals surface area (Å²) in [4.78, 5) is 0. The van der Waals surface area contributed by atoms with Crippen LogP contribution in [0.3, 0.4) is 0 Å². The summed E-state index contributed by atoms with van der Waals surface area (Å²) in [6, 6.07) is 20.3. The molecule has 0 radical (unpaired) electrons. The Labute approximate surface area is 217 Å². The quantitative estimate of drug-likeness (QED) is 0.191. The van der Waals surface area contributed by atoms with Gasteiger partial charge in [0, 0.05) is 0 Å². The first-order valence-electron chi connectivity index (χ1n) is 13.4. The molecule has 4 nitrogen and oxygen atoms in total. The molecule has 0 aliphatic rings. The lowest BCUT2D eigenvalue weighted by Gasteiger charge is -2.06. The molecule has 0 atom stereocenters. The van der Waals surface area contributed by atoms with Crippen molar-refractivity contribution in [3.8, 4) is 11.5 Å². The van der Waals surface area contributed by atoms with Crippen LogP contribution in [0.1, 0.15) is 87.7 Å². The molecule has 0 N–H and O–H groups in total. The molecule has 0 aliphatic heterocycles. The van der Waals surface area contributed by atoms with Crippen LogP contribution in [0, 0.1) is 0 Å². The van der Waals surface area contributed by atoms with Gasteiger partial charge in [-0.2, -0.15) is 10.2 Å². The summed E-state index contributed by atoms with van der Waals surface area (Å²) in [5.41, 5.74) is 3.85. The van der Waals surface area contributed by atoms with E-state index in [9.17, 15) is 0 Å². The smallest absolute Gasteiger partial charge is 0.119 e. The molecule has 0 amide bonds. The molecule has 3 aromatic rings. The number of rotatable bonds is 16. The Kier molecular flexibility index (Phi) is 12.3. The van der Waals surface area contributed by atoms with E-state index in [1.807, 2.05) is 60.7 Å². The lowest BCUT2D eigenvalue weighted by Crippen LogP contribution is -1.96. The first kappa shape index (κ1) is 27.2. The lowest BCUT2D eigenvalue weighted by atomic mass is 10.1. The summed E-state index contributed by atoms with van der Waals surface area (Å²) in [5.74, 6) is 1.84. The van der Waals surface area contributed by atoms with Crippen LogP contribution in [0.15, 0.2) is 60.7 Å². The summed E-state index contributed by atoms with van der Waals surface area (Å²) in [5, 5.41) is 8.65. The number of benzene rings is 2. The standard InChI is InChI=1S/C32H40N2O2/c1-3-5-7-9-25-35-31-21-13-27(14-22-31)11-17-29-19-20-30(34-33-29)18-12-28-15-23-32(24-16-28)36-26-10-8-6-4-2/h11-24H,3-10,25-26H2,1-2H3/b17-11+,18-12+. The second-order valence-electron chi connectivity index (χ2n) is 9.01. The van der Waals surface area contributed by atoms with Crippen molar-refractivity contribution in [1.29, 1.82) is 0 Å². The number of ether oxygens (including phenoxy) is 2. The lowest BCUT2D eigenvalue weighted by molar-refractivity contribution is 0.305. The fourth-order valence-electron chi connectivity index (χ4n) is 3.68. The van der Waals surface area contributed by atoms with Crippen molar-refractivity contribution in [3.63, 3.8) is 0 Å². The number of hydrogen-bond acceptors (Lipinski definition) is 4. The second kappa shape index (κ2) is 16.3. The zero-order valence-corrected chi connectivity index (χ0v) is 21.9. The van der Waals surface area contributed by atoms with Crippen molar-refractivity contribution < 1.29 is 9.47 Å². The maximum atomic E-state index is 5.81. The van der Waals surface area contributed by atoms with Gasteiger partial charge < -0.3 is 9.47 Å². The Morgan fingerprint density at radius 3 is 1.28 bits per heavy atom. The first-order valence-corrected chi connectivity index (χ1v) is 13.4. The van der Waals surface area contributed by atoms with E-state index in [4.69, 9.17) is 9.47 Å². The molecule has 0 fully saturated rings. The Morgan fingerprint density at radius 2 is 0.917 bits per heavy atom. The molecule has 4 heteroatoms. The molecular formula is C32H40N2O2. The average molecular weight is 485 g/mol. The van der Waals surface area contributed by atoms with E-state index in [1.54, 1.807) is 0 Å². The molecule has 1 aromatic heterocycles. The molecule has 0 bridgehead atoms. The third kappa shape index (κ3) is 10.5. The first-order chi connectivity index (χ1) is 17.8. The van der Waals surface area contributed by atoms with Crippen molar-refractivity contribution in [2.24, 2.45) is 0 Å². The molecule has 0 spiro atoms. The molecule has 2 aromatic carbocycles. The van der Waals surface area contributed by atoms with Gasteiger partial charge in [0.15, 0.2) is 0 Å². The predicted octanol–water partition coefficient (Wildman–Crippen LogP) is 8.74. The van der Waals surface area contributed by atoms with E-state index in [0.29, 0.717) is 0 Å². The topological polar surface area (TPSA) is 44.2 Å². The highest BCUT2D eigenvalue weighted by atomic mass is 16.5. The number of unbranched alkanes of at least 4 members (excludes halogenated alkanes) is 6. The van der Waals surface area contributed by atoms with Crippen LogP contribution >= 0.6 is 0 Å². The Morgan fingerprint density at radius 1 is 0.500 bits per heavy atom. The van der Waals surface area contributed by atoms with Crippen molar-refractivity contribution in [1.82, 2.24) is 10.2 Å². The van der Waals surface area contributed by atoms with Crippen LogP contribution in [0.4, 0.5) is 0 Å². The summed E-state index contributed by atoms with van der Waals surface area (Å²) in [6.07, 6.45) is 17.7. The van der Waals surface area contributed by atoms with Gasteiger partial charge in [0.1, 0.15) is 11.5 Å². The van der Waals surface area contributed by atoms with Gasteiger partial charge in [-0.05, 0) is 72.5 Å². The van der Waals surface area contributed by atoms with E-state index in [-0.39, 0.29) is 0 Å². The summed E-state index contributed by atoms with van der Waals surface area (Å²) in [6.45, 7) is 6.00. The number of hydrogen-bond donors (Lipinski definition) is 0. The van der Waals surface area contributed by atoms with Gasteiger partial charge in [-0.1, -0.05) is 88.8 Å². The predicted molar refractivity (Wildman–Crippen MR) is 152 cm³/mol. The highest BCUT2D eigenvalue weighted by Crippen LogP contribution is 2.16. The second-order valence-corrected chi connectivity index (χ2v) is 9.01. The summed E-state index contributed by atoms with van der Waals surface area (Å²) in [7, 11) is 0. The van der Waals surface area contributed by atoms with Crippen LogP contribution in [0.5, 0.6) is 11.5 Å². The van der Waals surface area contributed by atoms with Gasteiger partial charge in [0.25, 0.3) is 0 Å². The monoisotopic (exact) mass is 484 g/mol. The zero-order chi connectivity index (χ0) is 25.3. The van der Waals surface area contributed by atoms with E-state index in [2.05, 4.69) is 48.3 Å². The van der Waals surface area contributed by atoms with E-state index in [1.165, 1.54) is 38.5 Å². The van der Waals surface area contributed by atoms with Crippen LogP contribution in [0.25, 0.3) is 24.3 Å². The molecule has 0 unspecified atom stereocenters. The Hall–Kier alpha value is -3.40. The molecule has 0 saturated heterocycles. The minimum absolute atomic E-state index is 0.782. The van der Waals surface area contributed by atoms with Crippen molar-refractivity contribution in [2.45, 2.75) is 65.2 Å². The molecule has 0 aliphatic carbocycles. The van der Waals surface area contributed by atoms with E-state index in [0.717, 1.165) is 60.1 Å². The van der Waals surface area contributed by atoms with Crippen molar-refractivity contribution in [2.75, 3.05) is 13.2 Å². The third-order valence-corrected chi connectivity index (χ3v) is 5.89. The van der Waals surface area contributed by atoms with Crippen LogP contribution in [-0.4, -0.2) is 23.4 Å². The normalized spacial score (nSPS) is 11.4. The molecule has 190 valence electrons. The SMILES string of the molecule is CCCCCCOc1ccc(/C=C/c2ccc(/C=C/c3ccc(OCCCCCC)cc3)nn2)cc1. The number of aromatic nitrogens is 2. The molecule has 36 heavy (non-hydrogen) atoms. The largest absolute Gasteiger partial charge is 0.494 e. The maximum Gasteiger partial charge on any atom is 0.119 e. The van der Waals surface area contributed by atoms with Crippen LogP contribution in [0.2, 0.25) is 0 Å². The Balaban J connectivity index is 1.43. The Bertz CT molecular complexity index is 953. The minimum atomic E-state index is 0.782. The fraction of sp³-hybridized carbons (Fsp3) is 0.375. The highest BCUT2D eigenvalue weighted by Gasteiger charge is 1.97. The van der Waals surface area contributed by atoms with Crippen molar-refractivity contribution in [3.05, 3.63) is 83.2 Å². The fourth-order valence-corrected chi connectivity index (χ4v) is 3.68. The number of nitrogens with zero attached hydrogens (tertiary/aromatic N) is 2. The zero-order valence-electron chi connectivity index (χ0n) is 21.9. The van der Waals surface area contributed by atoms with Crippen LogP contribution in [-0.2, 0) is 0 Å². The molecule has 3 rings (SSSR count). The van der Waals surface area contributed by atoms with Gasteiger partial charge >= 0.3 is 0 Å². The molecule has 0 saturated carbocycles. The van der Waals surface area contributed by atoms with Gasteiger partial charge in [-0.25, -0.2) is 0 Å². The summed E-state index contributed by atoms with van der Waals surface area (Å²) >= 11 is 0.